The second-order valence-electron chi connectivity index (χ2n) is 3.65. The zero-order valence-corrected chi connectivity index (χ0v) is 11.7. The summed E-state index contributed by atoms with van der Waals surface area (Å²) < 4.78 is 0. The Labute approximate surface area is 120 Å². The lowest BCUT2D eigenvalue weighted by Gasteiger charge is -2.03. The molecule has 0 aliphatic heterocycles. The Hall–Kier alpha value is -0.960. The Bertz CT molecular complexity index is 555. The molecule has 0 bridgehead atoms. The molecule has 0 aliphatic rings. The molecule has 0 radical (unpaired) electrons. The van der Waals surface area contributed by atoms with E-state index in [4.69, 9.17) is 23.2 Å². The van der Waals surface area contributed by atoms with Gasteiger partial charge in [0.25, 0.3) is 0 Å². The van der Waals surface area contributed by atoms with Crippen molar-refractivity contribution < 1.29 is 4.79 Å². The van der Waals surface area contributed by atoms with Crippen LogP contribution in [0.1, 0.15) is 10.4 Å². The van der Waals surface area contributed by atoms with Gasteiger partial charge in [-0.25, -0.2) is 0 Å². The van der Waals surface area contributed by atoms with E-state index in [1.807, 2.05) is 36.4 Å². The minimum atomic E-state index is 0.103. The molecule has 0 aliphatic carbocycles. The van der Waals surface area contributed by atoms with E-state index < -0.39 is 0 Å². The van der Waals surface area contributed by atoms with Gasteiger partial charge in [0.1, 0.15) is 0 Å². The Morgan fingerprint density at radius 1 is 1.00 bits per heavy atom. The zero-order valence-electron chi connectivity index (χ0n) is 9.40. The fourth-order valence-corrected chi connectivity index (χ4v) is 2.62. The molecule has 0 atom stereocenters. The normalized spacial score (nSPS) is 10.3. The topological polar surface area (TPSA) is 17.1 Å². The summed E-state index contributed by atoms with van der Waals surface area (Å²) in [6.07, 6.45) is 0. The molecule has 1 nitrogen and oxygen atoms in total. The van der Waals surface area contributed by atoms with E-state index in [0.29, 0.717) is 15.8 Å². The maximum atomic E-state index is 11.9. The maximum absolute atomic E-state index is 11.9. The maximum Gasteiger partial charge on any atom is 0.173 e. The van der Waals surface area contributed by atoms with Gasteiger partial charge in [0.2, 0.25) is 0 Å². The second-order valence-corrected chi connectivity index (χ2v) is 5.52. The molecular formula is C14H10Cl2OS. The van der Waals surface area contributed by atoms with Crippen molar-refractivity contribution in [2.75, 3.05) is 5.75 Å². The van der Waals surface area contributed by atoms with E-state index in [-0.39, 0.29) is 5.78 Å². The van der Waals surface area contributed by atoms with Crippen molar-refractivity contribution in [3.05, 3.63) is 64.1 Å². The number of halogens is 2. The first-order valence-corrected chi connectivity index (χ1v) is 7.07. The molecule has 0 saturated heterocycles. The first-order chi connectivity index (χ1) is 8.66. The van der Waals surface area contributed by atoms with Crippen molar-refractivity contribution in [2.24, 2.45) is 0 Å². The third-order valence-corrected chi connectivity index (χ3v) is 4.09. The van der Waals surface area contributed by atoms with Gasteiger partial charge >= 0.3 is 0 Å². The molecule has 0 spiro atoms. The largest absolute Gasteiger partial charge is 0.293 e. The van der Waals surface area contributed by atoms with Crippen LogP contribution in [-0.2, 0) is 0 Å². The van der Waals surface area contributed by atoms with Gasteiger partial charge in [-0.2, -0.15) is 0 Å². The number of rotatable bonds is 4. The Balaban J connectivity index is 1.99. The lowest BCUT2D eigenvalue weighted by atomic mass is 10.2. The number of thioether (sulfide) groups is 1. The molecular weight excluding hydrogens is 287 g/mol. The molecule has 18 heavy (non-hydrogen) atoms. The molecule has 92 valence electrons. The quantitative estimate of drug-likeness (QED) is 0.585. The van der Waals surface area contributed by atoms with Crippen LogP contribution in [0.25, 0.3) is 0 Å². The molecule has 0 aromatic heterocycles. The monoisotopic (exact) mass is 296 g/mol. The van der Waals surface area contributed by atoms with Crippen LogP contribution in [-0.4, -0.2) is 11.5 Å². The molecule has 2 aromatic carbocycles. The van der Waals surface area contributed by atoms with Crippen molar-refractivity contribution in [1.82, 2.24) is 0 Å². The number of hydrogen-bond acceptors (Lipinski definition) is 2. The van der Waals surface area contributed by atoms with Crippen molar-refractivity contribution in [2.45, 2.75) is 4.90 Å². The van der Waals surface area contributed by atoms with Crippen LogP contribution in [0.4, 0.5) is 0 Å². The highest BCUT2D eigenvalue weighted by molar-refractivity contribution is 8.00. The van der Waals surface area contributed by atoms with Gasteiger partial charge in [-0.15, -0.1) is 11.8 Å². The number of benzene rings is 2. The molecule has 2 rings (SSSR count). The van der Waals surface area contributed by atoms with Crippen LogP contribution < -0.4 is 0 Å². The van der Waals surface area contributed by atoms with E-state index in [2.05, 4.69) is 0 Å². The van der Waals surface area contributed by atoms with Gasteiger partial charge in [-0.3, -0.25) is 4.79 Å². The van der Waals surface area contributed by atoms with Gasteiger partial charge in [0, 0.05) is 10.5 Å². The van der Waals surface area contributed by atoms with E-state index in [1.165, 1.54) is 11.8 Å². The fourth-order valence-electron chi connectivity index (χ4n) is 1.42. The van der Waals surface area contributed by atoms with Gasteiger partial charge in [0.05, 0.1) is 15.8 Å². The van der Waals surface area contributed by atoms with E-state index in [0.717, 1.165) is 10.5 Å². The van der Waals surface area contributed by atoms with Crippen molar-refractivity contribution in [3.8, 4) is 0 Å². The van der Waals surface area contributed by atoms with Crippen LogP contribution in [0.5, 0.6) is 0 Å². The minimum Gasteiger partial charge on any atom is -0.293 e. The summed E-state index contributed by atoms with van der Waals surface area (Å²) in [5, 5.41) is 1.03. The summed E-state index contributed by atoms with van der Waals surface area (Å²) in [6, 6.07) is 14.6. The summed E-state index contributed by atoms with van der Waals surface area (Å²) in [6.45, 7) is 0. The predicted molar refractivity (Wildman–Crippen MR) is 78.0 cm³/mol. The smallest absolute Gasteiger partial charge is 0.173 e. The van der Waals surface area contributed by atoms with Crippen LogP contribution >= 0.6 is 35.0 Å². The first kappa shape index (κ1) is 13.5. The molecule has 0 amide bonds. The molecule has 0 unspecified atom stereocenters. The first-order valence-electron chi connectivity index (χ1n) is 5.33. The SMILES string of the molecule is O=C(CSc1ccc(Cl)c(Cl)c1)c1ccccc1. The van der Waals surface area contributed by atoms with Crippen molar-refractivity contribution in [1.29, 1.82) is 0 Å². The highest BCUT2D eigenvalue weighted by Crippen LogP contribution is 2.28. The standard InChI is InChI=1S/C14H10Cl2OS/c15-12-7-6-11(8-13(12)16)18-9-14(17)10-4-2-1-3-5-10/h1-8H,9H2. The summed E-state index contributed by atoms with van der Waals surface area (Å²) in [5.74, 6) is 0.494. The van der Waals surface area contributed by atoms with Gasteiger partial charge < -0.3 is 0 Å². The highest BCUT2D eigenvalue weighted by Gasteiger charge is 2.06. The third-order valence-electron chi connectivity index (χ3n) is 2.36. The molecule has 2 aromatic rings. The third kappa shape index (κ3) is 3.52. The Morgan fingerprint density at radius 3 is 2.39 bits per heavy atom. The molecule has 0 N–H and O–H groups in total. The number of carbonyl (C=O) groups is 1. The zero-order chi connectivity index (χ0) is 13.0. The molecule has 0 fully saturated rings. The van der Waals surface area contributed by atoms with Crippen molar-refractivity contribution >= 4 is 40.7 Å². The summed E-state index contributed by atoms with van der Waals surface area (Å²) >= 11 is 13.2. The van der Waals surface area contributed by atoms with Crippen LogP contribution in [0.2, 0.25) is 10.0 Å². The van der Waals surface area contributed by atoms with Crippen LogP contribution in [0.15, 0.2) is 53.4 Å². The highest BCUT2D eigenvalue weighted by atomic mass is 35.5. The molecule has 4 heteroatoms. The molecule has 0 heterocycles. The van der Waals surface area contributed by atoms with Gasteiger partial charge in [-0.05, 0) is 18.2 Å². The number of carbonyl (C=O) groups excluding carboxylic acids is 1. The Kier molecular flexibility index (Phi) is 4.70. The Morgan fingerprint density at radius 2 is 1.72 bits per heavy atom. The summed E-state index contributed by atoms with van der Waals surface area (Å²) in [5.41, 5.74) is 0.727. The summed E-state index contributed by atoms with van der Waals surface area (Å²) in [4.78, 5) is 12.8. The molecule has 0 saturated carbocycles. The van der Waals surface area contributed by atoms with Gasteiger partial charge in [0.15, 0.2) is 5.78 Å². The average molecular weight is 297 g/mol. The van der Waals surface area contributed by atoms with Gasteiger partial charge in [-0.1, -0.05) is 53.5 Å². The van der Waals surface area contributed by atoms with E-state index in [9.17, 15) is 4.79 Å². The number of hydrogen-bond donors (Lipinski definition) is 0. The van der Waals surface area contributed by atoms with E-state index in [1.54, 1.807) is 12.1 Å². The van der Waals surface area contributed by atoms with Crippen LogP contribution in [0.3, 0.4) is 0 Å². The lowest BCUT2D eigenvalue weighted by molar-refractivity contribution is 0.102. The van der Waals surface area contributed by atoms with Crippen LogP contribution in [0, 0.1) is 0 Å². The lowest BCUT2D eigenvalue weighted by Crippen LogP contribution is -2.01. The predicted octanol–water partition coefficient (Wildman–Crippen LogP) is 4.97. The summed E-state index contributed by atoms with van der Waals surface area (Å²) in [7, 11) is 0. The number of Topliss-reactive ketones (excluding diaryl/α,β-unsaturated/α-hetero) is 1. The van der Waals surface area contributed by atoms with Crippen molar-refractivity contribution in [3.63, 3.8) is 0 Å². The minimum absolute atomic E-state index is 0.103. The fraction of sp³-hybridized carbons (Fsp3) is 0.0714. The van der Waals surface area contributed by atoms with E-state index >= 15 is 0 Å². The second kappa shape index (κ2) is 6.28. The number of ketones is 1. The average Bonchev–Trinajstić information content (AvgIpc) is 2.41.